The number of benzene rings is 1. The molecule has 1 amide bonds. The van der Waals surface area contributed by atoms with Gasteiger partial charge in [-0.05, 0) is 58.2 Å². The molecule has 0 saturated carbocycles. The highest BCUT2D eigenvalue weighted by molar-refractivity contribution is 5.94. The van der Waals surface area contributed by atoms with Crippen LogP contribution in [0.3, 0.4) is 0 Å². The maximum atomic E-state index is 13.8. The fourth-order valence-electron chi connectivity index (χ4n) is 1.69. The van der Waals surface area contributed by atoms with Crippen LogP contribution in [0.5, 0.6) is 5.75 Å². The Balaban J connectivity index is 2.93. The Labute approximate surface area is 125 Å². The van der Waals surface area contributed by atoms with Gasteiger partial charge in [0.15, 0.2) is 11.6 Å². The van der Waals surface area contributed by atoms with Crippen LogP contribution in [-0.2, 0) is 10.3 Å². The second-order valence-corrected chi connectivity index (χ2v) is 6.43. The first-order valence-corrected chi connectivity index (χ1v) is 6.74. The van der Waals surface area contributed by atoms with Crippen LogP contribution in [0.15, 0.2) is 18.2 Å². The first-order chi connectivity index (χ1) is 9.55. The van der Waals surface area contributed by atoms with Gasteiger partial charge in [-0.1, -0.05) is 12.0 Å². The summed E-state index contributed by atoms with van der Waals surface area (Å²) in [5.74, 6) is 4.77. The Morgan fingerprint density at radius 2 is 1.86 bits per heavy atom. The van der Waals surface area contributed by atoms with E-state index in [2.05, 4.69) is 17.2 Å². The van der Waals surface area contributed by atoms with Crippen molar-refractivity contribution in [1.29, 1.82) is 0 Å². The number of carbonyl (C=O) groups excluding carboxylic acids is 1. The van der Waals surface area contributed by atoms with Crippen molar-refractivity contribution < 1.29 is 13.9 Å². The lowest BCUT2D eigenvalue weighted by Crippen LogP contribution is -2.40. The van der Waals surface area contributed by atoms with Gasteiger partial charge in [0, 0.05) is 5.41 Å². The molecule has 114 valence electrons. The zero-order valence-corrected chi connectivity index (χ0v) is 13.4. The number of methoxy groups -OCH3 is 1. The van der Waals surface area contributed by atoms with Crippen molar-refractivity contribution >= 4 is 5.91 Å². The number of hydrogen-bond acceptors (Lipinski definition) is 2. The lowest BCUT2D eigenvalue weighted by atomic mass is 9.93. The van der Waals surface area contributed by atoms with Gasteiger partial charge in [-0.25, -0.2) is 4.39 Å². The number of hydrogen-bond donors (Lipinski definition) is 1. The number of halogens is 1. The average Bonchev–Trinajstić information content (AvgIpc) is 2.35. The van der Waals surface area contributed by atoms with E-state index in [4.69, 9.17) is 4.74 Å². The molecule has 3 nitrogen and oxygen atoms in total. The molecule has 1 rings (SSSR count). The maximum Gasteiger partial charge on any atom is 0.296 e. The van der Waals surface area contributed by atoms with E-state index in [1.165, 1.54) is 13.2 Å². The fraction of sp³-hybridized carbons (Fsp3) is 0.471. The van der Waals surface area contributed by atoms with Gasteiger partial charge in [0.05, 0.1) is 12.6 Å². The minimum Gasteiger partial charge on any atom is -0.494 e. The monoisotopic (exact) mass is 291 g/mol. The second-order valence-electron chi connectivity index (χ2n) is 6.43. The maximum absolute atomic E-state index is 13.8. The number of nitrogens with one attached hydrogen (secondary N) is 1. The Morgan fingerprint density at radius 1 is 1.24 bits per heavy atom. The minimum atomic E-state index is -0.725. The largest absolute Gasteiger partial charge is 0.494 e. The van der Waals surface area contributed by atoms with Gasteiger partial charge in [0.1, 0.15) is 0 Å². The molecule has 0 aromatic heterocycles. The van der Waals surface area contributed by atoms with E-state index in [1.54, 1.807) is 26.0 Å². The summed E-state index contributed by atoms with van der Waals surface area (Å²) in [6.07, 6.45) is 0. The van der Waals surface area contributed by atoms with Crippen LogP contribution in [0, 0.1) is 23.1 Å². The van der Waals surface area contributed by atoms with E-state index in [0.717, 1.165) is 0 Å². The summed E-state index contributed by atoms with van der Waals surface area (Å²) in [5.41, 5.74) is -0.323. The highest BCUT2D eigenvalue weighted by atomic mass is 19.1. The molecule has 1 aromatic rings. The normalized spacial score (nSPS) is 11.4. The molecule has 0 radical (unpaired) electrons. The van der Waals surface area contributed by atoms with Gasteiger partial charge in [-0.2, -0.15) is 0 Å². The van der Waals surface area contributed by atoms with Crippen molar-refractivity contribution in [3.8, 4) is 17.6 Å². The van der Waals surface area contributed by atoms with E-state index in [-0.39, 0.29) is 17.1 Å². The molecule has 0 aliphatic rings. The molecule has 21 heavy (non-hydrogen) atoms. The lowest BCUT2D eigenvalue weighted by Gasteiger charge is -2.26. The lowest BCUT2D eigenvalue weighted by molar-refractivity contribution is -0.117. The Morgan fingerprint density at radius 3 is 2.33 bits per heavy atom. The summed E-state index contributed by atoms with van der Waals surface area (Å²) in [7, 11) is 1.41. The molecule has 0 heterocycles. The number of rotatable bonds is 3. The highest BCUT2D eigenvalue weighted by Crippen LogP contribution is 2.25. The first kappa shape index (κ1) is 17.0. The van der Waals surface area contributed by atoms with Gasteiger partial charge in [-0.3, -0.25) is 4.79 Å². The van der Waals surface area contributed by atoms with Crippen LogP contribution >= 0.6 is 0 Å². The van der Waals surface area contributed by atoms with E-state index in [9.17, 15) is 9.18 Å². The summed E-state index contributed by atoms with van der Waals surface area (Å²) in [4.78, 5) is 11.9. The summed E-state index contributed by atoms with van der Waals surface area (Å²) < 4.78 is 18.6. The van der Waals surface area contributed by atoms with Crippen LogP contribution < -0.4 is 10.1 Å². The smallest absolute Gasteiger partial charge is 0.296 e. The Hall–Kier alpha value is -2.02. The summed E-state index contributed by atoms with van der Waals surface area (Å²) in [5, 5.41) is 2.79. The third-order valence-corrected chi connectivity index (χ3v) is 2.85. The Bertz CT molecular complexity index is 589. The zero-order chi connectivity index (χ0) is 16.3. The van der Waals surface area contributed by atoms with Gasteiger partial charge < -0.3 is 10.1 Å². The van der Waals surface area contributed by atoms with Gasteiger partial charge >= 0.3 is 0 Å². The van der Waals surface area contributed by atoms with Crippen molar-refractivity contribution in [2.24, 2.45) is 5.41 Å². The molecule has 0 fully saturated rings. The number of amides is 1. The molecule has 0 bridgehead atoms. The molecule has 0 aliphatic carbocycles. The van der Waals surface area contributed by atoms with E-state index in [1.807, 2.05) is 20.8 Å². The molecular formula is C17H22FNO2. The van der Waals surface area contributed by atoms with Crippen LogP contribution in [0.4, 0.5) is 4.39 Å². The second kappa shape index (κ2) is 6.17. The highest BCUT2D eigenvalue weighted by Gasteiger charge is 2.23. The van der Waals surface area contributed by atoms with Crippen molar-refractivity contribution in [2.75, 3.05) is 7.11 Å². The molecule has 4 heteroatoms. The first-order valence-electron chi connectivity index (χ1n) is 6.74. The van der Waals surface area contributed by atoms with Crippen molar-refractivity contribution in [1.82, 2.24) is 5.32 Å². The van der Waals surface area contributed by atoms with Crippen LogP contribution in [0.25, 0.3) is 0 Å². The summed E-state index contributed by atoms with van der Waals surface area (Å²) in [6, 6.07) is 4.62. The average molecular weight is 291 g/mol. The molecule has 0 spiro atoms. The minimum absolute atomic E-state index is 0.174. The zero-order valence-electron chi connectivity index (χ0n) is 13.4. The van der Waals surface area contributed by atoms with Crippen molar-refractivity contribution in [2.45, 2.75) is 40.2 Å². The molecule has 1 aromatic carbocycles. The molecular weight excluding hydrogens is 269 g/mol. The predicted molar refractivity (Wildman–Crippen MR) is 81.4 cm³/mol. The van der Waals surface area contributed by atoms with Gasteiger partial charge in [0.2, 0.25) is 0 Å². The molecule has 0 aliphatic heterocycles. The topological polar surface area (TPSA) is 38.3 Å². The molecule has 0 unspecified atom stereocenters. The van der Waals surface area contributed by atoms with E-state index in [0.29, 0.717) is 5.56 Å². The SMILES string of the molecule is COc1ccc(C(C)(C)NC(=O)C#CC(C)(C)C)cc1F. The third-order valence-electron chi connectivity index (χ3n) is 2.85. The van der Waals surface area contributed by atoms with Crippen LogP contribution in [0.2, 0.25) is 0 Å². The van der Waals surface area contributed by atoms with Crippen molar-refractivity contribution in [3.05, 3.63) is 29.6 Å². The summed E-state index contributed by atoms with van der Waals surface area (Å²) >= 11 is 0. The van der Waals surface area contributed by atoms with E-state index < -0.39 is 11.4 Å². The third kappa shape index (κ3) is 5.11. The predicted octanol–water partition coefficient (Wildman–Crippen LogP) is 3.24. The van der Waals surface area contributed by atoms with Gasteiger partial charge in [-0.15, -0.1) is 0 Å². The standard InChI is InChI=1S/C17H22FNO2/c1-16(2,3)10-9-15(20)19-17(4,5)12-7-8-14(21-6)13(18)11-12/h7-8,11H,1-6H3,(H,19,20). The van der Waals surface area contributed by atoms with E-state index >= 15 is 0 Å². The number of ether oxygens (including phenoxy) is 1. The molecule has 1 N–H and O–H groups in total. The van der Waals surface area contributed by atoms with Gasteiger partial charge in [0.25, 0.3) is 5.91 Å². The number of carbonyl (C=O) groups is 1. The van der Waals surface area contributed by atoms with Crippen LogP contribution in [-0.4, -0.2) is 13.0 Å². The summed E-state index contributed by atoms with van der Waals surface area (Å²) in [6.45, 7) is 9.38. The molecule has 0 saturated heterocycles. The Kier molecular flexibility index (Phi) is 5.01. The van der Waals surface area contributed by atoms with Crippen molar-refractivity contribution in [3.63, 3.8) is 0 Å². The molecule has 0 atom stereocenters. The van der Waals surface area contributed by atoms with Crippen LogP contribution in [0.1, 0.15) is 40.2 Å². The fourth-order valence-corrected chi connectivity index (χ4v) is 1.69. The quantitative estimate of drug-likeness (QED) is 0.868.